The van der Waals surface area contributed by atoms with Crippen LogP contribution in [0.5, 0.6) is 0 Å². The lowest BCUT2D eigenvalue weighted by molar-refractivity contribution is -0.133. The predicted octanol–water partition coefficient (Wildman–Crippen LogP) is 3.33. The smallest absolute Gasteiger partial charge is 0.239 e. The fourth-order valence-corrected chi connectivity index (χ4v) is 2.69. The number of hydrogen-bond acceptors (Lipinski definition) is 2. The van der Waals surface area contributed by atoms with Crippen molar-refractivity contribution in [2.45, 2.75) is 51.6 Å². The molecule has 0 saturated carbocycles. The van der Waals surface area contributed by atoms with Gasteiger partial charge in [0.1, 0.15) is 0 Å². The SMILES string of the molecule is CC(C)c1ccc(CN(C)C(=O)[C@@H]2CCCCN2)cc1.Cl. The van der Waals surface area contributed by atoms with Crippen LogP contribution in [0.2, 0.25) is 0 Å². The molecule has 2 rings (SSSR count). The van der Waals surface area contributed by atoms with Gasteiger partial charge in [-0.2, -0.15) is 0 Å². The molecule has 0 bridgehead atoms. The fourth-order valence-electron chi connectivity index (χ4n) is 2.69. The van der Waals surface area contributed by atoms with Gasteiger partial charge in [-0.1, -0.05) is 44.5 Å². The van der Waals surface area contributed by atoms with E-state index in [1.807, 2.05) is 11.9 Å². The van der Waals surface area contributed by atoms with E-state index in [9.17, 15) is 4.79 Å². The number of likely N-dealkylation sites (N-methyl/N-ethyl adjacent to an activating group) is 1. The number of nitrogens with zero attached hydrogens (tertiary/aromatic N) is 1. The molecule has 0 spiro atoms. The van der Waals surface area contributed by atoms with Crippen LogP contribution in [-0.4, -0.2) is 30.4 Å². The molecule has 1 atom stereocenters. The molecule has 1 saturated heterocycles. The zero-order valence-electron chi connectivity index (χ0n) is 13.3. The molecule has 1 aliphatic rings. The number of piperidine rings is 1. The van der Waals surface area contributed by atoms with Crippen LogP contribution in [0.1, 0.15) is 50.2 Å². The largest absolute Gasteiger partial charge is 0.340 e. The van der Waals surface area contributed by atoms with Crippen LogP contribution < -0.4 is 5.32 Å². The first-order valence-corrected chi connectivity index (χ1v) is 7.65. The number of carbonyl (C=O) groups excluding carboxylic acids is 1. The molecule has 3 nitrogen and oxygen atoms in total. The monoisotopic (exact) mass is 310 g/mol. The zero-order valence-corrected chi connectivity index (χ0v) is 14.1. The number of rotatable bonds is 4. The van der Waals surface area contributed by atoms with E-state index in [2.05, 4.69) is 43.4 Å². The van der Waals surface area contributed by atoms with Crippen LogP contribution in [0.15, 0.2) is 24.3 Å². The van der Waals surface area contributed by atoms with Crippen LogP contribution in [-0.2, 0) is 11.3 Å². The number of nitrogens with one attached hydrogen (secondary N) is 1. The summed E-state index contributed by atoms with van der Waals surface area (Å²) in [6, 6.07) is 8.61. The van der Waals surface area contributed by atoms with Crippen molar-refractivity contribution in [3.8, 4) is 0 Å². The maximum Gasteiger partial charge on any atom is 0.239 e. The van der Waals surface area contributed by atoms with E-state index in [0.29, 0.717) is 12.5 Å². The number of halogens is 1. The van der Waals surface area contributed by atoms with E-state index >= 15 is 0 Å². The van der Waals surface area contributed by atoms with Gasteiger partial charge >= 0.3 is 0 Å². The highest BCUT2D eigenvalue weighted by atomic mass is 35.5. The molecule has 1 N–H and O–H groups in total. The second-order valence-electron chi connectivity index (χ2n) is 6.09. The topological polar surface area (TPSA) is 32.3 Å². The summed E-state index contributed by atoms with van der Waals surface area (Å²) in [5, 5.41) is 3.32. The van der Waals surface area contributed by atoms with Crippen molar-refractivity contribution in [1.29, 1.82) is 0 Å². The van der Waals surface area contributed by atoms with E-state index in [1.165, 1.54) is 17.5 Å². The van der Waals surface area contributed by atoms with Gasteiger partial charge in [0.25, 0.3) is 0 Å². The summed E-state index contributed by atoms with van der Waals surface area (Å²) >= 11 is 0. The molecule has 21 heavy (non-hydrogen) atoms. The lowest BCUT2D eigenvalue weighted by Crippen LogP contribution is -2.46. The summed E-state index contributed by atoms with van der Waals surface area (Å²) < 4.78 is 0. The number of benzene rings is 1. The summed E-state index contributed by atoms with van der Waals surface area (Å²) in [7, 11) is 1.90. The van der Waals surface area contributed by atoms with Crippen LogP contribution >= 0.6 is 12.4 Å². The molecule has 1 aliphatic heterocycles. The normalized spacial score (nSPS) is 18.2. The summed E-state index contributed by atoms with van der Waals surface area (Å²) in [6.07, 6.45) is 3.31. The van der Waals surface area contributed by atoms with Gasteiger partial charge in [0, 0.05) is 13.6 Å². The first-order valence-electron chi connectivity index (χ1n) is 7.65. The minimum Gasteiger partial charge on any atom is -0.340 e. The van der Waals surface area contributed by atoms with Gasteiger partial charge in [-0.25, -0.2) is 0 Å². The molecular formula is C17H27ClN2O. The van der Waals surface area contributed by atoms with Gasteiger partial charge in [0.15, 0.2) is 0 Å². The lowest BCUT2D eigenvalue weighted by atomic mass is 10.0. The first-order chi connectivity index (χ1) is 9.58. The maximum absolute atomic E-state index is 12.3. The molecular weight excluding hydrogens is 284 g/mol. The molecule has 118 valence electrons. The number of hydrogen-bond donors (Lipinski definition) is 1. The van der Waals surface area contributed by atoms with E-state index in [4.69, 9.17) is 0 Å². The molecule has 1 amide bonds. The average Bonchev–Trinajstić information content (AvgIpc) is 2.48. The predicted molar refractivity (Wildman–Crippen MR) is 89.9 cm³/mol. The Morgan fingerprint density at radius 2 is 1.95 bits per heavy atom. The van der Waals surface area contributed by atoms with E-state index < -0.39 is 0 Å². The third-order valence-corrected chi connectivity index (χ3v) is 4.05. The Bertz CT molecular complexity index is 439. The van der Waals surface area contributed by atoms with E-state index in [0.717, 1.165) is 19.4 Å². The molecule has 0 aliphatic carbocycles. The van der Waals surface area contributed by atoms with Gasteiger partial charge in [-0.3, -0.25) is 4.79 Å². The second kappa shape index (κ2) is 8.40. The van der Waals surface area contributed by atoms with Crippen molar-refractivity contribution in [3.05, 3.63) is 35.4 Å². The summed E-state index contributed by atoms with van der Waals surface area (Å²) in [4.78, 5) is 14.2. The minimum absolute atomic E-state index is 0. The van der Waals surface area contributed by atoms with Crippen LogP contribution in [0.4, 0.5) is 0 Å². The molecule has 4 heteroatoms. The van der Waals surface area contributed by atoms with E-state index in [1.54, 1.807) is 0 Å². The van der Waals surface area contributed by atoms with E-state index in [-0.39, 0.29) is 24.4 Å². The highest BCUT2D eigenvalue weighted by Crippen LogP contribution is 2.16. The molecule has 0 aromatic heterocycles. The third-order valence-electron chi connectivity index (χ3n) is 4.05. The van der Waals surface area contributed by atoms with Crippen LogP contribution in [0, 0.1) is 0 Å². The van der Waals surface area contributed by atoms with Crippen molar-refractivity contribution >= 4 is 18.3 Å². The molecule has 1 heterocycles. The Balaban J connectivity index is 0.00000220. The summed E-state index contributed by atoms with van der Waals surface area (Å²) in [6.45, 7) is 6.04. The Morgan fingerprint density at radius 3 is 2.48 bits per heavy atom. The Labute approximate surface area is 134 Å². The summed E-state index contributed by atoms with van der Waals surface area (Å²) in [5.41, 5.74) is 2.54. The quantitative estimate of drug-likeness (QED) is 0.925. The minimum atomic E-state index is 0. The molecule has 1 aromatic carbocycles. The number of amides is 1. The van der Waals surface area contributed by atoms with Crippen LogP contribution in [0.25, 0.3) is 0 Å². The van der Waals surface area contributed by atoms with Crippen molar-refractivity contribution in [2.75, 3.05) is 13.6 Å². The highest BCUT2D eigenvalue weighted by molar-refractivity contribution is 5.85. The van der Waals surface area contributed by atoms with Crippen molar-refractivity contribution in [3.63, 3.8) is 0 Å². The van der Waals surface area contributed by atoms with Crippen molar-refractivity contribution < 1.29 is 4.79 Å². The first kappa shape index (κ1) is 18.0. The number of carbonyl (C=O) groups is 1. The maximum atomic E-state index is 12.3. The Kier molecular flexibility index (Phi) is 7.20. The summed E-state index contributed by atoms with van der Waals surface area (Å²) in [5.74, 6) is 0.771. The third kappa shape index (κ3) is 5.01. The lowest BCUT2D eigenvalue weighted by Gasteiger charge is -2.27. The second-order valence-corrected chi connectivity index (χ2v) is 6.09. The van der Waals surface area contributed by atoms with Gasteiger partial charge in [0.05, 0.1) is 6.04 Å². The molecule has 0 radical (unpaired) electrons. The molecule has 1 fully saturated rings. The average molecular weight is 311 g/mol. The standard InChI is InChI=1S/C17H26N2O.ClH/c1-13(2)15-9-7-14(8-10-15)12-19(3)17(20)16-6-4-5-11-18-16;/h7-10,13,16,18H,4-6,11-12H2,1-3H3;1H/t16-;/m0./s1. The zero-order chi connectivity index (χ0) is 14.5. The van der Waals surface area contributed by atoms with Crippen molar-refractivity contribution in [1.82, 2.24) is 10.2 Å². The van der Waals surface area contributed by atoms with Crippen molar-refractivity contribution in [2.24, 2.45) is 0 Å². The molecule has 0 unspecified atom stereocenters. The Hall–Kier alpha value is -1.06. The van der Waals surface area contributed by atoms with Gasteiger partial charge < -0.3 is 10.2 Å². The highest BCUT2D eigenvalue weighted by Gasteiger charge is 2.23. The van der Waals surface area contributed by atoms with Gasteiger partial charge in [-0.05, 0) is 36.4 Å². The molecule has 1 aromatic rings. The van der Waals surface area contributed by atoms with Gasteiger partial charge in [0.2, 0.25) is 5.91 Å². The van der Waals surface area contributed by atoms with Gasteiger partial charge in [-0.15, -0.1) is 12.4 Å². The Morgan fingerprint density at radius 1 is 1.29 bits per heavy atom. The van der Waals surface area contributed by atoms with Crippen LogP contribution in [0.3, 0.4) is 0 Å². The fraction of sp³-hybridized carbons (Fsp3) is 0.588.